The molecule has 0 bridgehead atoms. The number of hydrogen-bond acceptors (Lipinski definition) is 3. The van der Waals surface area contributed by atoms with Crippen molar-refractivity contribution in [3.63, 3.8) is 0 Å². The molecular weight excluding hydrogens is 273 g/mol. The Morgan fingerprint density at radius 2 is 1.86 bits per heavy atom. The zero-order valence-corrected chi connectivity index (χ0v) is 11.0. The highest BCUT2D eigenvalue weighted by atomic mass is 19.1. The Bertz CT molecular complexity index is 697. The van der Waals surface area contributed by atoms with E-state index in [0.29, 0.717) is 6.42 Å². The highest BCUT2D eigenvalue weighted by Crippen LogP contribution is 2.34. The summed E-state index contributed by atoms with van der Waals surface area (Å²) in [6.07, 6.45) is -1.31. The van der Waals surface area contributed by atoms with Crippen LogP contribution in [0.25, 0.3) is 0 Å². The molecule has 2 aromatic carbocycles. The zero-order valence-electron chi connectivity index (χ0n) is 11.0. The topological polar surface area (TPSA) is 55.4 Å². The first-order valence-corrected chi connectivity index (χ1v) is 6.49. The van der Waals surface area contributed by atoms with Gasteiger partial charge in [-0.15, -0.1) is 4.39 Å². The van der Waals surface area contributed by atoms with Crippen LogP contribution in [-0.2, 0) is 11.2 Å². The summed E-state index contributed by atoms with van der Waals surface area (Å²) in [5.74, 6) is -0.131. The molecule has 1 unspecified atom stereocenters. The molecule has 21 heavy (non-hydrogen) atoms. The summed E-state index contributed by atoms with van der Waals surface area (Å²) in [5, 5.41) is 2.85. The summed E-state index contributed by atoms with van der Waals surface area (Å²) in [4.78, 5) is 22.2. The summed E-state index contributed by atoms with van der Waals surface area (Å²) in [6.45, 7) is 0. The molecule has 1 aliphatic heterocycles. The zero-order chi connectivity index (χ0) is 14.8. The third kappa shape index (κ3) is 2.76. The van der Waals surface area contributed by atoms with Gasteiger partial charge >= 0.3 is 6.22 Å². The van der Waals surface area contributed by atoms with Crippen LogP contribution in [0.5, 0.6) is 5.75 Å². The van der Waals surface area contributed by atoms with Gasteiger partial charge in [0, 0.05) is 5.69 Å². The maximum atomic E-state index is 12.1. The first-order valence-electron chi connectivity index (χ1n) is 6.49. The van der Waals surface area contributed by atoms with E-state index in [-0.39, 0.29) is 17.6 Å². The van der Waals surface area contributed by atoms with Gasteiger partial charge in [0.1, 0.15) is 5.75 Å². The Morgan fingerprint density at radius 1 is 1.14 bits per heavy atom. The minimum absolute atomic E-state index is 0.0320. The fourth-order valence-corrected chi connectivity index (χ4v) is 2.50. The largest absolute Gasteiger partial charge is 0.500 e. The van der Waals surface area contributed by atoms with Crippen molar-refractivity contribution in [1.29, 1.82) is 0 Å². The van der Waals surface area contributed by atoms with Gasteiger partial charge in [0.2, 0.25) is 5.91 Å². The predicted molar refractivity (Wildman–Crippen MR) is 75.1 cm³/mol. The van der Waals surface area contributed by atoms with E-state index in [0.717, 1.165) is 16.8 Å². The van der Waals surface area contributed by atoms with Crippen LogP contribution in [0.2, 0.25) is 0 Å². The molecule has 0 saturated carbocycles. The maximum absolute atomic E-state index is 12.1. The summed E-state index contributed by atoms with van der Waals surface area (Å²) in [6, 6.07) is 14.0. The quantitative estimate of drug-likeness (QED) is 0.879. The number of fused-ring (bicyclic) bond motifs is 1. The lowest BCUT2D eigenvalue weighted by Gasteiger charge is -2.09. The van der Waals surface area contributed by atoms with E-state index in [1.165, 1.54) is 12.1 Å². The molecule has 3 rings (SSSR count). The second-order valence-electron chi connectivity index (χ2n) is 4.82. The monoisotopic (exact) mass is 285 g/mol. The molecule has 0 fully saturated rings. The third-order valence-corrected chi connectivity index (χ3v) is 3.47. The minimum atomic E-state index is -1.84. The molecule has 5 heteroatoms. The van der Waals surface area contributed by atoms with E-state index in [1.54, 1.807) is 12.1 Å². The molecule has 4 nitrogen and oxygen atoms in total. The first kappa shape index (κ1) is 13.3. The number of para-hydroxylation sites is 1. The molecule has 0 saturated heterocycles. The molecule has 1 atom stereocenters. The van der Waals surface area contributed by atoms with Gasteiger partial charge in [0.25, 0.3) is 0 Å². The van der Waals surface area contributed by atoms with Crippen LogP contribution in [0.15, 0.2) is 48.5 Å². The van der Waals surface area contributed by atoms with Crippen LogP contribution in [-0.4, -0.2) is 12.1 Å². The van der Waals surface area contributed by atoms with Crippen molar-refractivity contribution < 1.29 is 18.7 Å². The van der Waals surface area contributed by atoms with Gasteiger partial charge < -0.3 is 10.1 Å². The lowest BCUT2D eigenvalue weighted by atomic mass is 9.93. The molecule has 1 amide bonds. The number of rotatable bonds is 3. The molecule has 0 radical (unpaired) electrons. The second-order valence-corrected chi connectivity index (χ2v) is 4.82. The molecule has 1 aliphatic rings. The van der Waals surface area contributed by atoms with Crippen LogP contribution in [0.4, 0.5) is 14.9 Å². The number of hydrogen-bond donors (Lipinski definition) is 1. The minimum Gasteiger partial charge on any atom is -0.401 e. The van der Waals surface area contributed by atoms with Crippen molar-refractivity contribution in [2.24, 2.45) is 0 Å². The van der Waals surface area contributed by atoms with Crippen LogP contribution in [0.3, 0.4) is 0 Å². The van der Waals surface area contributed by atoms with Gasteiger partial charge in [-0.1, -0.05) is 30.3 Å². The van der Waals surface area contributed by atoms with E-state index in [2.05, 4.69) is 10.1 Å². The predicted octanol–water partition coefficient (Wildman–Crippen LogP) is 3.43. The van der Waals surface area contributed by atoms with Crippen LogP contribution >= 0.6 is 0 Å². The highest BCUT2D eigenvalue weighted by Gasteiger charge is 2.29. The summed E-state index contributed by atoms with van der Waals surface area (Å²) < 4.78 is 16.4. The fraction of sp³-hybridized carbons (Fsp3) is 0.125. The Kier molecular flexibility index (Phi) is 3.39. The normalized spacial score (nSPS) is 16.2. The molecule has 1 N–H and O–H groups in total. The molecule has 0 spiro atoms. The smallest absolute Gasteiger partial charge is 0.401 e. The van der Waals surface area contributed by atoms with Crippen molar-refractivity contribution in [3.8, 4) is 5.75 Å². The van der Waals surface area contributed by atoms with Gasteiger partial charge in [0.05, 0.1) is 5.92 Å². The number of halogens is 1. The lowest BCUT2D eigenvalue weighted by molar-refractivity contribution is -0.117. The SMILES string of the molecule is O=C(F)Oc1ccc(CC2C(=O)Nc3ccccc32)cc1. The third-order valence-electron chi connectivity index (χ3n) is 3.47. The average Bonchev–Trinajstić information content (AvgIpc) is 2.77. The fourth-order valence-electron chi connectivity index (χ4n) is 2.50. The van der Waals surface area contributed by atoms with Crippen LogP contribution < -0.4 is 10.1 Å². The summed E-state index contributed by atoms with van der Waals surface area (Å²) in [5.41, 5.74) is 2.72. The molecule has 2 aromatic rings. The van der Waals surface area contributed by atoms with Gasteiger partial charge in [-0.2, -0.15) is 0 Å². The van der Waals surface area contributed by atoms with Gasteiger partial charge in [0.15, 0.2) is 0 Å². The Labute approximate surface area is 120 Å². The molecule has 106 valence electrons. The van der Waals surface area contributed by atoms with E-state index < -0.39 is 6.22 Å². The first-order chi connectivity index (χ1) is 10.1. The van der Waals surface area contributed by atoms with Crippen molar-refractivity contribution in [2.45, 2.75) is 12.3 Å². The molecule has 0 aromatic heterocycles. The van der Waals surface area contributed by atoms with Gasteiger partial charge in [-0.25, -0.2) is 4.79 Å². The maximum Gasteiger partial charge on any atom is 0.500 e. The van der Waals surface area contributed by atoms with E-state index in [9.17, 15) is 14.0 Å². The van der Waals surface area contributed by atoms with Crippen molar-refractivity contribution in [2.75, 3.05) is 5.32 Å². The van der Waals surface area contributed by atoms with Crippen LogP contribution in [0, 0.1) is 0 Å². The lowest BCUT2D eigenvalue weighted by Crippen LogP contribution is -2.14. The van der Waals surface area contributed by atoms with Gasteiger partial charge in [-0.05, 0) is 35.7 Å². The van der Waals surface area contributed by atoms with E-state index in [4.69, 9.17) is 0 Å². The van der Waals surface area contributed by atoms with Crippen molar-refractivity contribution >= 4 is 17.8 Å². The number of benzene rings is 2. The summed E-state index contributed by atoms with van der Waals surface area (Å²) in [7, 11) is 0. The number of amides is 1. The Hall–Kier alpha value is -2.69. The average molecular weight is 285 g/mol. The molecule has 1 heterocycles. The Balaban J connectivity index is 1.78. The number of carbonyl (C=O) groups is 2. The molecule has 0 aliphatic carbocycles. The van der Waals surface area contributed by atoms with E-state index in [1.807, 2.05) is 24.3 Å². The Morgan fingerprint density at radius 3 is 2.57 bits per heavy atom. The number of carbonyl (C=O) groups excluding carboxylic acids is 2. The van der Waals surface area contributed by atoms with Crippen LogP contribution in [0.1, 0.15) is 17.0 Å². The van der Waals surface area contributed by atoms with Crippen molar-refractivity contribution in [1.82, 2.24) is 0 Å². The van der Waals surface area contributed by atoms with Crippen molar-refractivity contribution in [3.05, 3.63) is 59.7 Å². The van der Waals surface area contributed by atoms with E-state index >= 15 is 0 Å². The summed E-state index contributed by atoms with van der Waals surface area (Å²) >= 11 is 0. The number of nitrogens with one attached hydrogen (secondary N) is 1. The number of anilines is 1. The highest BCUT2D eigenvalue weighted by molar-refractivity contribution is 6.03. The standard InChI is InChI=1S/C16H12FNO3/c17-16(20)21-11-7-5-10(6-8-11)9-13-12-3-1-2-4-14(12)18-15(13)19/h1-8,13H,9H2,(H,18,19). The molecular formula is C16H12FNO3. The van der Waals surface area contributed by atoms with Gasteiger partial charge in [-0.3, -0.25) is 4.79 Å². The second kappa shape index (κ2) is 5.36. The number of ether oxygens (including phenoxy) is 1.